The maximum absolute atomic E-state index is 9.46. The average Bonchev–Trinajstić information content (AvgIpc) is 2.32. The number of halogens is 1. The van der Waals surface area contributed by atoms with Crippen LogP contribution < -0.4 is 5.32 Å². The Balaban J connectivity index is 2.20. The summed E-state index contributed by atoms with van der Waals surface area (Å²) in [5.41, 5.74) is 0.424. The molecule has 1 saturated carbocycles. The van der Waals surface area contributed by atoms with Crippen molar-refractivity contribution < 1.29 is 0 Å². The molecule has 90 valence electrons. The number of nitriles is 1. The van der Waals surface area contributed by atoms with Gasteiger partial charge in [0.1, 0.15) is 5.54 Å². The Morgan fingerprint density at radius 2 is 2.24 bits per heavy atom. The molecule has 1 aromatic carbocycles. The van der Waals surface area contributed by atoms with Gasteiger partial charge in [0, 0.05) is 0 Å². The van der Waals surface area contributed by atoms with Gasteiger partial charge in [0.05, 0.1) is 16.8 Å². The van der Waals surface area contributed by atoms with Gasteiger partial charge in [0.2, 0.25) is 0 Å². The van der Waals surface area contributed by atoms with Crippen molar-refractivity contribution in [1.82, 2.24) is 0 Å². The number of benzene rings is 1. The fourth-order valence-electron chi connectivity index (χ4n) is 2.61. The molecule has 1 aliphatic rings. The summed E-state index contributed by atoms with van der Waals surface area (Å²) < 4.78 is 0. The van der Waals surface area contributed by atoms with Gasteiger partial charge < -0.3 is 5.32 Å². The second-order valence-corrected chi connectivity index (χ2v) is 5.41. The summed E-state index contributed by atoms with van der Waals surface area (Å²) in [6.45, 7) is 2.21. The summed E-state index contributed by atoms with van der Waals surface area (Å²) in [4.78, 5) is 0. The number of hydrogen-bond acceptors (Lipinski definition) is 2. The lowest BCUT2D eigenvalue weighted by Gasteiger charge is -2.36. The smallest absolute Gasteiger partial charge is 0.125 e. The number of anilines is 1. The zero-order chi connectivity index (χ0) is 12.3. The van der Waals surface area contributed by atoms with E-state index >= 15 is 0 Å². The van der Waals surface area contributed by atoms with Crippen molar-refractivity contribution in [1.29, 1.82) is 5.26 Å². The Morgan fingerprint density at radius 1 is 1.47 bits per heavy atom. The molecule has 0 aromatic heterocycles. The molecule has 0 saturated heterocycles. The van der Waals surface area contributed by atoms with Gasteiger partial charge in [-0.2, -0.15) is 5.26 Å². The summed E-state index contributed by atoms with van der Waals surface area (Å²) in [6.07, 6.45) is 4.12. The van der Waals surface area contributed by atoms with Gasteiger partial charge in [-0.1, -0.05) is 37.1 Å². The molecule has 0 spiro atoms. The molecule has 0 amide bonds. The van der Waals surface area contributed by atoms with Crippen LogP contribution in [0.5, 0.6) is 0 Å². The lowest BCUT2D eigenvalue weighted by Crippen LogP contribution is -2.41. The topological polar surface area (TPSA) is 35.8 Å². The van der Waals surface area contributed by atoms with Crippen LogP contribution in [-0.2, 0) is 0 Å². The van der Waals surface area contributed by atoms with E-state index in [0.29, 0.717) is 10.9 Å². The van der Waals surface area contributed by atoms with Crippen LogP contribution in [-0.4, -0.2) is 5.54 Å². The third-order valence-corrected chi connectivity index (χ3v) is 3.79. The summed E-state index contributed by atoms with van der Waals surface area (Å²) in [5.74, 6) is 0.596. The number of para-hydroxylation sites is 1. The quantitative estimate of drug-likeness (QED) is 0.850. The van der Waals surface area contributed by atoms with Crippen LogP contribution in [0.15, 0.2) is 24.3 Å². The Bertz CT molecular complexity index is 438. The van der Waals surface area contributed by atoms with Gasteiger partial charge in [0.25, 0.3) is 0 Å². The fraction of sp³-hybridized carbons (Fsp3) is 0.500. The van der Waals surface area contributed by atoms with Gasteiger partial charge in [0.15, 0.2) is 0 Å². The third-order valence-electron chi connectivity index (χ3n) is 3.46. The maximum atomic E-state index is 9.46. The molecule has 0 radical (unpaired) electrons. The second kappa shape index (κ2) is 4.98. The minimum absolute atomic E-state index is 0.442. The molecule has 1 aromatic rings. The van der Waals surface area contributed by atoms with E-state index in [0.717, 1.165) is 24.9 Å². The lowest BCUT2D eigenvalue weighted by atomic mass is 9.77. The molecule has 3 heteroatoms. The van der Waals surface area contributed by atoms with Crippen molar-refractivity contribution in [3.63, 3.8) is 0 Å². The van der Waals surface area contributed by atoms with E-state index in [4.69, 9.17) is 11.6 Å². The highest BCUT2D eigenvalue weighted by Gasteiger charge is 2.35. The molecule has 0 heterocycles. The first-order chi connectivity index (χ1) is 8.15. The maximum Gasteiger partial charge on any atom is 0.125 e. The average molecular weight is 249 g/mol. The van der Waals surface area contributed by atoms with Crippen LogP contribution in [0.4, 0.5) is 5.69 Å². The van der Waals surface area contributed by atoms with E-state index in [1.165, 1.54) is 6.42 Å². The molecule has 0 aliphatic heterocycles. The van der Waals surface area contributed by atoms with Crippen LogP contribution in [0.3, 0.4) is 0 Å². The largest absolute Gasteiger partial charge is 0.366 e. The Morgan fingerprint density at radius 3 is 2.88 bits per heavy atom. The van der Waals surface area contributed by atoms with E-state index in [9.17, 15) is 5.26 Å². The summed E-state index contributed by atoms with van der Waals surface area (Å²) in [5, 5.41) is 13.5. The standard InChI is InChI=1S/C14H17ClN2/c1-11-5-4-8-14(9-11,10-16)17-13-7-3-2-6-12(13)15/h2-3,6-7,11,17H,4-5,8-9H2,1H3. The van der Waals surface area contributed by atoms with Gasteiger partial charge in [-0.25, -0.2) is 0 Å². The minimum Gasteiger partial charge on any atom is -0.366 e. The molecule has 1 fully saturated rings. The highest BCUT2D eigenvalue weighted by Crippen LogP contribution is 2.36. The highest BCUT2D eigenvalue weighted by molar-refractivity contribution is 6.33. The van der Waals surface area contributed by atoms with E-state index in [-0.39, 0.29) is 0 Å². The van der Waals surface area contributed by atoms with Crippen molar-refractivity contribution in [3.8, 4) is 6.07 Å². The molecule has 2 atom stereocenters. The molecule has 2 rings (SSSR count). The number of hydrogen-bond donors (Lipinski definition) is 1. The Hall–Kier alpha value is -1.20. The fourth-order valence-corrected chi connectivity index (χ4v) is 2.80. The van der Waals surface area contributed by atoms with Gasteiger partial charge in [-0.05, 0) is 37.3 Å². The van der Waals surface area contributed by atoms with Crippen molar-refractivity contribution in [2.24, 2.45) is 5.92 Å². The SMILES string of the molecule is CC1CCCC(C#N)(Nc2ccccc2Cl)C1. The molecule has 2 unspecified atom stereocenters. The molecule has 0 bridgehead atoms. The number of nitrogens with one attached hydrogen (secondary N) is 1. The predicted molar refractivity (Wildman–Crippen MR) is 71.1 cm³/mol. The van der Waals surface area contributed by atoms with Crippen molar-refractivity contribution in [2.75, 3.05) is 5.32 Å². The summed E-state index contributed by atoms with van der Waals surface area (Å²) in [7, 11) is 0. The monoisotopic (exact) mass is 248 g/mol. The highest BCUT2D eigenvalue weighted by atomic mass is 35.5. The van der Waals surface area contributed by atoms with Crippen molar-refractivity contribution >= 4 is 17.3 Å². The van der Waals surface area contributed by atoms with Crippen molar-refractivity contribution in [3.05, 3.63) is 29.3 Å². The van der Waals surface area contributed by atoms with Gasteiger partial charge in [-0.15, -0.1) is 0 Å². The van der Waals surface area contributed by atoms with E-state index in [1.807, 2.05) is 24.3 Å². The molecular weight excluding hydrogens is 232 g/mol. The molecule has 17 heavy (non-hydrogen) atoms. The number of nitrogens with zero attached hydrogens (tertiary/aromatic N) is 1. The molecule has 1 N–H and O–H groups in total. The van der Waals surface area contributed by atoms with Crippen LogP contribution >= 0.6 is 11.6 Å². The zero-order valence-corrected chi connectivity index (χ0v) is 10.8. The Labute approximate surface area is 108 Å². The van der Waals surface area contributed by atoms with E-state index in [2.05, 4.69) is 18.3 Å². The lowest BCUT2D eigenvalue weighted by molar-refractivity contribution is 0.308. The number of rotatable bonds is 2. The van der Waals surface area contributed by atoms with Crippen LogP contribution in [0.25, 0.3) is 0 Å². The van der Waals surface area contributed by atoms with Crippen LogP contribution in [0.1, 0.15) is 32.6 Å². The Kier molecular flexibility index (Phi) is 3.59. The van der Waals surface area contributed by atoms with Crippen LogP contribution in [0, 0.1) is 17.2 Å². The van der Waals surface area contributed by atoms with Crippen LogP contribution in [0.2, 0.25) is 5.02 Å². The normalized spacial score (nSPS) is 28.4. The molecule has 2 nitrogen and oxygen atoms in total. The predicted octanol–water partition coefficient (Wildman–Crippen LogP) is 4.22. The van der Waals surface area contributed by atoms with Gasteiger partial charge in [-0.3, -0.25) is 0 Å². The summed E-state index contributed by atoms with van der Waals surface area (Å²) >= 11 is 6.13. The molecular formula is C14H17ClN2. The third kappa shape index (κ3) is 2.73. The van der Waals surface area contributed by atoms with Gasteiger partial charge >= 0.3 is 0 Å². The first kappa shape index (κ1) is 12.3. The molecule has 1 aliphatic carbocycles. The second-order valence-electron chi connectivity index (χ2n) is 5.00. The first-order valence-corrected chi connectivity index (χ1v) is 6.47. The van der Waals surface area contributed by atoms with Crippen molar-refractivity contribution in [2.45, 2.75) is 38.1 Å². The summed E-state index contributed by atoms with van der Waals surface area (Å²) in [6, 6.07) is 10.1. The zero-order valence-electron chi connectivity index (χ0n) is 10.0. The first-order valence-electron chi connectivity index (χ1n) is 6.09. The van der Waals surface area contributed by atoms with E-state index in [1.54, 1.807) is 0 Å². The van der Waals surface area contributed by atoms with E-state index < -0.39 is 5.54 Å². The minimum atomic E-state index is -0.442.